The lowest BCUT2D eigenvalue weighted by Gasteiger charge is -2.16. The summed E-state index contributed by atoms with van der Waals surface area (Å²) in [6.07, 6.45) is -0.285. The summed E-state index contributed by atoms with van der Waals surface area (Å²) in [7, 11) is -2.42. The van der Waals surface area contributed by atoms with Crippen LogP contribution in [0.1, 0.15) is 12.0 Å². The van der Waals surface area contributed by atoms with Crippen LogP contribution in [0.4, 0.5) is 4.39 Å². The highest BCUT2D eigenvalue weighted by Gasteiger charge is 2.20. The molecular weight excluding hydrogens is 261 g/mol. The molecule has 1 aromatic carbocycles. The molecule has 5 nitrogen and oxygen atoms in total. The van der Waals surface area contributed by atoms with Gasteiger partial charge in [-0.25, -0.2) is 17.1 Å². The molecule has 0 saturated carbocycles. The van der Waals surface area contributed by atoms with Gasteiger partial charge in [0.1, 0.15) is 5.82 Å². The molecule has 0 aliphatic rings. The molecule has 1 rings (SSSR count). The molecule has 0 atom stereocenters. The number of nitrogens with zero attached hydrogens (tertiary/aromatic N) is 1. The molecule has 0 aromatic heterocycles. The summed E-state index contributed by atoms with van der Waals surface area (Å²) < 4.78 is 37.9. The first-order valence-corrected chi connectivity index (χ1v) is 6.83. The van der Waals surface area contributed by atoms with Gasteiger partial charge in [0.2, 0.25) is 10.0 Å². The lowest BCUT2D eigenvalue weighted by molar-refractivity contribution is -0.137. The molecule has 7 heteroatoms. The standard InChI is InChI=1S/C11H14FNO4S/c1-13(7-6-11(14)15)18(16,17)8-9-4-2-3-5-10(9)12/h2-5H,6-8H2,1H3,(H,14,15). The van der Waals surface area contributed by atoms with Crippen molar-refractivity contribution in [1.82, 2.24) is 4.31 Å². The average Bonchev–Trinajstić information content (AvgIpc) is 2.28. The highest BCUT2D eigenvalue weighted by atomic mass is 32.2. The Bertz CT molecular complexity index is 530. The van der Waals surface area contributed by atoms with Gasteiger partial charge in [-0.2, -0.15) is 0 Å². The summed E-state index contributed by atoms with van der Waals surface area (Å²) in [5, 5.41) is 8.48. The summed E-state index contributed by atoms with van der Waals surface area (Å²) >= 11 is 0. The van der Waals surface area contributed by atoms with Gasteiger partial charge in [-0.3, -0.25) is 4.79 Å². The van der Waals surface area contributed by atoms with E-state index in [1.807, 2.05) is 0 Å². The molecule has 18 heavy (non-hydrogen) atoms. The second kappa shape index (κ2) is 5.92. The van der Waals surface area contributed by atoms with Gasteiger partial charge in [-0.1, -0.05) is 18.2 Å². The van der Waals surface area contributed by atoms with Crippen LogP contribution >= 0.6 is 0 Å². The Morgan fingerprint density at radius 1 is 1.39 bits per heavy atom. The SMILES string of the molecule is CN(CCC(=O)O)S(=O)(=O)Cc1ccccc1F. The van der Waals surface area contributed by atoms with Crippen LogP contribution in [0.15, 0.2) is 24.3 Å². The van der Waals surface area contributed by atoms with Crippen LogP contribution in [-0.2, 0) is 20.6 Å². The Morgan fingerprint density at radius 2 is 2.00 bits per heavy atom. The van der Waals surface area contributed by atoms with Crippen molar-refractivity contribution in [3.63, 3.8) is 0 Å². The second-order valence-electron chi connectivity index (χ2n) is 3.81. The van der Waals surface area contributed by atoms with Crippen LogP contribution in [0, 0.1) is 5.82 Å². The zero-order valence-corrected chi connectivity index (χ0v) is 10.7. The van der Waals surface area contributed by atoms with Crippen molar-refractivity contribution in [2.75, 3.05) is 13.6 Å². The fraction of sp³-hybridized carbons (Fsp3) is 0.364. The number of sulfonamides is 1. The van der Waals surface area contributed by atoms with E-state index in [0.29, 0.717) is 0 Å². The van der Waals surface area contributed by atoms with Crippen LogP contribution < -0.4 is 0 Å². The minimum atomic E-state index is -3.70. The van der Waals surface area contributed by atoms with E-state index >= 15 is 0 Å². The molecule has 100 valence electrons. The predicted octanol–water partition coefficient (Wildman–Crippen LogP) is 1.06. The molecule has 0 aliphatic heterocycles. The minimum absolute atomic E-state index is 0.0691. The van der Waals surface area contributed by atoms with Gasteiger partial charge in [0, 0.05) is 19.2 Å². The van der Waals surface area contributed by atoms with Crippen LogP contribution in [-0.4, -0.2) is 37.4 Å². The number of rotatable bonds is 6. The van der Waals surface area contributed by atoms with E-state index in [9.17, 15) is 17.6 Å². The third kappa shape index (κ3) is 4.08. The Kier molecular flexibility index (Phi) is 4.80. The Hall–Kier alpha value is -1.47. The highest BCUT2D eigenvalue weighted by Crippen LogP contribution is 2.13. The first kappa shape index (κ1) is 14.6. The number of carboxylic acids is 1. The molecule has 0 spiro atoms. The second-order valence-corrected chi connectivity index (χ2v) is 5.89. The van der Waals surface area contributed by atoms with Gasteiger partial charge in [-0.05, 0) is 6.07 Å². The van der Waals surface area contributed by atoms with Crippen LogP contribution in [0.5, 0.6) is 0 Å². The van der Waals surface area contributed by atoms with Gasteiger partial charge in [0.15, 0.2) is 0 Å². The molecule has 0 heterocycles. The zero-order chi connectivity index (χ0) is 13.8. The van der Waals surface area contributed by atoms with Gasteiger partial charge in [0.25, 0.3) is 0 Å². The predicted molar refractivity (Wildman–Crippen MR) is 63.9 cm³/mol. The highest BCUT2D eigenvalue weighted by molar-refractivity contribution is 7.88. The van der Waals surface area contributed by atoms with Gasteiger partial charge in [0.05, 0.1) is 12.2 Å². The van der Waals surface area contributed by atoms with Crippen molar-refractivity contribution in [3.05, 3.63) is 35.6 Å². The summed E-state index contributed by atoms with van der Waals surface area (Å²) in [5.41, 5.74) is 0.0691. The molecule has 0 amide bonds. The van der Waals surface area contributed by atoms with Crippen LogP contribution in [0.25, 0.3) is 0 Å². The molecule has 0 unspecified atom stereocenters. The lowest BCUT2D eigenvalue weighted by Crippen LogP contribution is -2.30. The van der Waals surface area contributed by atoms with E-state index in [-0.39, 0.29) is 18.5 Å². The molecule has 0 radical (unpaired) electrons. The largest absolute Gasteiger partial charge is 0.481 e. The normalized spacial score (nSPS) is 11.7. The van der Waals surface area contributed by atoms with E-state index in [1.165, 1.54) is 25.2 Å². The summed E-state index contributed by atoms with van der Waals surface area (Å²) in [4.78, 5) is 10.4. The lowest BCUT2D eigenvalue weighted by atomic mass is 10.2. The maximum atomic E-state index is 13.3. The number of hydrogen-bond donors (Lipinski definition) is 1. The molecule has 0 saturated heterocycles. The number of carboxylic acid groups (broad SMARTS) is 1. The smallest absolute Gasteiger partial charge is 0.304 e. The minimum Gasteiger partial charge on any atom is -0.481 e. The van der Waals surface area contributed by atoms with Crippen molar-refractivity contribution in [2.24, 2.45) is 0 Å². The van der Waals surface area contributed by atoms with E-state index in [0.717, 1.165) is 4.31 Å². The van der Waals surface area contributed by atoms with Crippen molar-refractivity contribution >= 4 is 16.0 Å². The molecule has 0 aliphatic carbocycles. The number of benzene rings is 1. The molecule has 0 fully saturated rings. The van der Waals surface area contributed by atoms with Crippen molar-refractivity contribution in [1.29, 1.82) is 0 Å². The van der Waals surface area contributed by atoms with E-state index < -0.39 is 27.6 Å². The van der Waals surface area contributed by atoms with E-state index in [4.69, 9.17) is 5.11 Å². The Morgan fingerprint density at radius 3 is 2.56 bits per heavy atom. The van der Waals surface area contributed by atoms with Crippen LogP contribution in [0.3, 0.4) is 0 Å². The van der Waals surface area contributed by atoms with Gasteiger partial charge >= 0.3 is 5.97 Å². The number of carbonyl (C=O) groups is 1. The Balaban J connectivity index is 2.76. The Labute approximate surface area is 105 Å². The maximum absolute atomic E-state index is 13.3. The van der Waals surface area contributed by atoms with E-state index in [1.54, 1.807) is 6.07 Å². The van der Waals surface area contributed by atoms with Gasteiger partial charge < -0.3 is 5.11 Å². The summed E-state index contributed by atoms with van der Waals surface area (Å²) in [6, 6.07) is 5.59. The fourth-order valence-electron chi connectivity index (χ4n) is 1.31. The topological polar surface area (TPSA) is 74.7 Å². The maximum Gasteiger partial charge on any atom is 0.304 e. The van der Waals surface area contributed by atoms with E-state index in [2.05, 4.69) is 0 Å². The van der Waals surface area contributed by atoms with Crippen LogP contribution in [0.2, 0.25) is 0 Å². The zero-order valence-electron chi connectivity index (χ0n) is 9.84. The van der Waals surface area contributed by atoms with Gasteiger partial charge in [-0.15, -0.1) is 0 Å². The number of hydrogen-bond acceptors (Lipinski definition) is 3. The average molecular weight is 275 g/mol. The molecule has 1 N–H and O–H groups in total. The number of halogens is 1. The van der Waals surface area contributed by atoms with Crippen molar-refractivity contribution in [2.45, 2.75) is 12.2 Å². The van der Waals surface area contributed by atoms with Crippen molar-refractivity contribution in [3.8, 4) is 0 Å². The third-order valence-electron chi connectivity index (χ3n) is 2.41. The monoisotopic (exact) mass is 275 g/mol. The molecule has 1 aromatic rings. The summed E-state index contributed by atoms with van der Waals surface area (Å²) in [5.74, 6) is -2.15. The van der Waals surface area contributed by atoms with Crippen molar-refractivity contribution < 1.29 is 22.7 Å². The number of aliphatic carboxylic acids is 1. The summed E-state index contributed by atoms with van der Waals surface area (Å²) in [6.45, 7) is -0.133. The molecular formula is C11H14FNO4S. The first-order chi connectivity index (χ1) is 8.33. The quantitative estimate of drug-likeness (QED) is 0.842. The third-order valence-corrected chi connectivity index (χ3v) is 4.22. The first-order valence-electron chi connectivity index (χ1n) is 5.22. The fourth-order valence-corrected chi connectivity index (χ4v) is 2.53. The molecule has 0 bridgehead atoms.